The average molecular weight is 368 g/mol. The van der Waals surface area contributed by atoms with Crippen LogP contribution >= 0.6 is 24.0 Å². The summed E-state index contributed by atoms with van der Waals surface area (Å²) in [6.07, 6.45) is 0. The Morgan fingerprint density at radius 2 is 2.09 bits per heavy atom. The molecule has 0 amide bonds. The third-order valence-corrected chi connectivity index (χ3v) is 6.23. The molecule has 22 heavy (non-hydrogen) atoms. The van der Waals surface area contributed by atoms with Crippen molar-refractivity contribution in [3.05, 3.63) is 34.9 Å². The van der Waals surface area contributed by atoms with Crippen LogP contribution in [0.1, 0.15) is 25.5 Å². The lowest BCUT2D eigenvalue weighted by Crippen LogP contribution is -2.53. The molecule has 1 fully saturated rings. The van der Waals surface area contributed by atoms with E-state index in [-0.39, 0.29) is 24.5 Å². The van der Waals surface area contributed by atoms with Gasteiger partial charge in [0.1, 0.15) is 0 Å². The normalized spacial score (nSPS) is 20.2. The Hall–Kier alpha value is -0.370. The number of hydrogen-bond donors (Lipinski definition) is 1. The molecule has 5 nitrogen and oxygen atoms in total. The van der Waals surface area contributed by atoms with Gasteiger partial charge in [0.15, 0.2) is 0 Å². The quantitative estimate of drug-likeness (QED) is 0.887. The first-order chi connectivity index (χ1) is 9.84. The van der Waals surface area contributed by atoms with Crippen LogP contribution < -0.4 is 5.32 Å². The summed E-state index contributed by atoms with van der Waals surface area (Å²) in [4.78, 5) is 0. The fourth-order valence-corrected chi connectivity index (χ4v) is 4.29. The molecule has 1 aliphatic rings. The summed E-state index contributed by atoms with van der Waals surface area (Å²) in [5, 5.41) is 3.87. The van der Waals surface area contributed by atoms with Gasteiger partial charge >= 0.3 is 0 Å². The van der Waals surface area contributed by atoms with E-state index in [0.29, 0.717) is 24.7 Å². The van der Waals surface area contributed by atoms with Crippen LogP contribution in [0.25, 0.3) is 0 Å². The fraction of sp³-hybridized carbons (Fsp3) is 0.571. The Bertz CT molecular complexity index is 596. The van der Waals surface area contributed by atoms with Crippen LogP contribution in [-0.4, -0.2) is 49.8 Å². The molecular weight excluding hydrogens is 345 g/mol. The number of hydrogen-bond acceptors (Lipinski definition) is 3. The first-order valence-corrected chi connectivity index (χ1v) is 8.82. The Kier molecular flexibility index (Phi) is 7.11. The van der Waals surface area contributed by atoms with Crippen LogP contribution in [0, 0.1) is 0 Å². The van der Waals surface area contributed by atoms with Crippen molar-refractivity contribution in [2.75, 3.05) is 26.7 Å². The standard InChI is InChI=1S/C14H22ClN3O2S.ClH/c1-11(2)17(3)21(19,20)18-8-7-16-10-14(18)12-5-4-6-13(15)9-12;/h4-6,9,11,14,16H,7-8,10H2,1-3H3;1H. The summed E-state index contributed by atoms with van der Waals surface area (Å²) in [6.45, 7) is 5.44. The number of benzene rings is 1. The van der Waals surface area contributed by atoms with Gasteiger partial charge in [0.2, 0.25) is 0 Å². The summed E-state index contributed by atoms with van der Waals surface area (Å²) >= 11 is 6.04. The summed E-state index contributed by atoms with van der Waals surface area (Å²) in [6, 6.07) is 7.08. The maximum Gasteiger partial charge on any atom is 0.282 e. The molecule has 0 aliphatic carbocycles. The molecule has 2 rings (SSSR count). The van der Waals surface area contributed by atoms with Gasteiger partial charge in [-0.2, -0.15) is 17.0 Å². The second kappa shape index (κ2) is 7.95. The molecule has 1 aromatic carbocycles. The van der Waals surface area contributed by atoms with Gasteiger partial charge in [-0.1, -0.05) is 23.7 Å². The molecule has 0 saturated carbocycles. The Morgan fingerprint density at radius 3 is 2.68 bits per heavy atom. The Morgan fingerprint density at radius 1 is 1.41 bits per heavy atom. The number of piperazine rings is 1. The molecular formula is C14H23Cl2N3O2S. The highest BCUT2D eigenvalue weighted by atomic mass is 35.5. The third-order valence-electron chi connectivity index (χ3n) is 3.82. The molecule has 1 N–H and O–H groups in total. The highest BCUT2D eigenvalue weighted by molar-refractivity contribution is 7.86. The summed E-state index contributed by atoms with van der Waals surface area (Å²) in [5.74, 6) is 0. The Balaban J connectivity index is 0.00000242. The lowest BCUT2D eigenvalue weighted by atomic mass is 10.1. The minimum atomic E-state index is -3.49. The minimum Gasteiger partial charge on any atom is -0.313 e. The average Bonchev–Trinajstić information content (AvgIpc) is 2.46. The molecule has 1 heterocycles. The lowest BCUT2D eigenvalue weighted by molar-refractivity contribution is 0.245. The molecule has 126 valence electrons. The maximum atomic E-state index is 12.8. The summed E-state index contributed by atoms with van der Waals surface area (Å²) < 4.78 is 28.6. The zero-order valence-electron chi connectivity index (χ0n) is 13.0. The smallest absolute Gasteiger partial charge is 0.282 e. The molecule has 1 unspecified atom stereocenters. The van der Waals surface area contributed by atoms with Crippen molar-refractivity contribution in [3.63, 3.8) is 0 Å². The van der Waals surface area contributed by atoms with Gasteiger partial charge in [-0.25, -0.2) is 0 Å². The van der Waals surface area contributed by atoms with Crippen molar-refractivity contribution in [2.24, 2.45) is 0 Å². The summed E-state index contributed by atoms with van der Waals surface area (Å²) in [7, 11) is -1.87. The lowest BCUT2D eigenvalue weighted by Gasteiger charge is -2.38. The predicted molar refractivity (Wildman–Crippen MR) is 92.8 cm³/mol. The van der Waals surface area contributed by atoms with E-state index in [0.717, 1.165) is 5.56 Å². The molecule has 1 atom stereocenters. The van der Waals surface area contributed by atoms with E-state index in [1.807, 2.05) is 32.0 Å². The van der Waals surface area contributed by atoms with Crippen LogP contribution in [0.15, 0.2) is 24.3 Å². The van der Waals surface area contributed by atoms with E-state index in [2.05, 4.69) is 5.32 Å². The predicted octanol–water partition coefficient (Wildman–Crippen LogP) is 2.29. The molecule has 1 aromatic rings. The van der Waals surface area contributed by atoms with Crippen molar-refractivity contribution in [1.82, 2.24) is 13.9 Å². The van der Waals surface area contributed by atoms with Crippen molar-refractivity contribution in [2.45, 2.75) is 25.9 Å². The fourth-order valence-electron chi connectivity index (χ4n) is 2.39. The molecule has 0 bridgehead atoms. The highest BCUT2D eigenvalue weighted by Gasteiger charge is 2.36. The van der Waals surface area contributed by atoms with Gasteiger partial charge < -0.3 is 5.32 Å². The van der Waals surface area contributed by atoms with E-state index >= 15 is 0 Å². The molecule has 0 aromatic heterocycles. The first kappa shape index (κ1) is 19.7. The van der Waals surface area contributed by atoms with Gasteiger partial charge in [-0.15, -0.1) is 12.4 Å². The van der Waals surface area contributed by atoms with Crippen LogP contribution in [-0.2, 0) is 10.2 Å². The SMILES string of the molecule is CC(C)N(C)S(=O)(=O)N1CCNCC1c1cccc(Cl)c1.Cl. The van der Waals surface area contributed by atoms with Crippen LogP contribution in [0.5, 0.6) is 0 Å². The zero-order valence-corrected chi connectivity index (χ0v) is 15.4. The Labute approximate surface area is 144 Å². The van der Waals surface area contributed by atoms with Crippen molar-refractivity contribution in [1.29, 1.82) is 0 Å². The second-order valence-electron chi connectivity index (χ2n) is 5.50. The van der Waals surface area contributed by atoms with Gasteiger partial charge in [-0.3, -0.25) is 0 Å². The summed E-state index contributed by atoms with van der Waals surface area (Å²) in [5.41, 5.74) is 0.912. The van der Waals surface area contributed by atoms with Crippen molar-refractivity contribution >= 4 is 34.2 Å². The third kappa shape index (κ3) is 4.13. The number of rotatable bonds is 4. The van der Waals surface area contributed by atoms with E-state index in [4.69, 9.17) is 11.6 Å². The van der Waals surface area contributed by atoms with Crippen molar-refractivity contribution < 1.29 is 8.42 Å². The van der Waals surface area contributed by atoms with Gasteiger partial charge in [0.05, 0.1) is 6.04 Å². The van der Waals surface area contributed by atoms with E-state index in [9.17, 15) is 8.42 Å². The van der Waals surface area contributed by atoms with Gasteiger partial charge in [-0.05, 0) is 31.5 Å². The molecule has 8 heteroatoms. The van der Waals surface area contributed by atoms with Crippen LogP contribution in [0.4, 0.5) is 0 Å². The number of halogens is 2. The topological polar surface area (TPSA) is 52.7 Å². The van der Waals surface area contributed by atoms with Gasteiger partial charge in [0, 0.05) is 37.7 Å². The number of nitrogens with zero attached hydrogens (tertiary/aromatic N) is 2. The molecule has 0 spiro atoms. The van der Waals surface area contributed by atoms with E-state index < -0.39 is 10.2 Å². The van der Waals surface area contributed by atoms with Crippen LogP contribution in [0.2, 0.25) is 5.02 Å². The van der Waals surface area contributed by atoms with E-state index in [1.54, 1.807) is 17.4 Å². The maximum absolute atomic E-state index is 12.8. The van der Waals surface area contributed by atoms with Gasteiger partial charge in [0.25, 0.3) is 10.2 Å². The largest absolute Gasteiger partial charge is 0.313 e. The molecule has 0 radical (unpaired) electrons. The number of nitrogens with one attached hydrogen (secondary N) is 1. The van der Waals surface area contributed by atoms with Crippen LogP contribution in [0.3, 0.4) is 0 Å². The minimum absolute atomic E-state index is 0. The highest BCUT2D eigenvalue weighted by Crippen LogP contribution is 2.28. The second-order valence-corrected chi connectivity index (χ2v) is 7.88. The monoisotopic (exact) mass is 367 g/mol. The van der Waals surface area contributed by atoms with E-state index in [1.165, 1.54) is 4.31 Å². The zero-order chi connectivity index (χ0) is 15.6. The molecule has 1 saturated heterocycles. The first-order valence-electron chi connectivity index (χ1n) is 7.05. The van der Waals surface area contributed by atoms with Crippen molar-refractivity contribution in [3.8, 4) is 0 Å². The molecule has 1 aliphatic heterocycles.